The highest BCUT2D eigenvalue weighted by Crippen LogP contribution is 2.33. The lowest BCUT2D eigenvalue weighted by atomic mass is 9.97. The van der Waals surface area contributed by atoms with Crippen molar-refractivity contribution in [3.8, 4) is 0 Å². The molecular weight excluding hydrogens is 308 g/mol. The van der Waals surface area contributed by atoms with Crippen molar-refractivity contribution in [1.82, 2.24) is 24.5 Å². The first kappa shape index (κ1) is 14.7. The molecule has 0 N–H and O–H groups in total. The van der Waals surface area contributed by atoms with E-state index in [-0.39, 0.29) is 0 Å². The van der Waals surface area contributed by atoms with Crippen LogP contribution in [0.4, 0.5) is 5.13 Å². The van der Waals surface area contributed by atoms with Crippen molar-refractivity contribution in [3.63, 3.8) is 0 Å². The first-order valence-corrected chi connectivity index (χ1v) is 8.96. The first-order valence-electron chi connectivity index (χ1n) is 8.14. The molecule has 0 spiro atoms. The van der Waals surface area contributed by atoms with Crippen LogP contribution in [0.2, 0.25) is 0 Å². The molecule has 1 saturated heterocycles. The second-order valence-electron chi connectivity index (χ2n) is 6.53. The molecule has 7 heteroatoms. The molecule has 4 rings (SSSR count). The fraction of sp³-hybridized carbons (Fsp3) is 0.562. The van der Waals surface area contributed by atoms with Crippen molar-refractivity contribution in [1.29, 1.82) is 0 Å². The largest absolute Gasteiger partial charge is 0.348 e. The summed E-state index contributed by atoms with van der Waals surface area (Å²) in [5, 5.41) is 9.99. The SMILES string of the molecule is Cc1cnn(CC2CCN(c3nc4c(s3)c(C)nn4C)CC2)c1. The molecule has 1 aliphatic rings. The van der Waals surface area contributed by atoms with Crippen LogP contribution in [0.1, 0.15) is 24.1 Å². The standard InChI is InChI=1S/C16H22N6S/c1-11-8-17-22(9-11)10-13-4-6-21(7-5-13)16-18-15-14(23-16)12(2)19-20(15)3/h8-9,13H,4-7,10H2,1-3H3. The van der Waals surface area contributed by atoms with E-state index in [1.807, 2.05) is 17.9 Å². The average Bonchev–Trinajstić information content (AvgIpc) is 3.20. The van der Waals surface area contributed by atoms with Crippen LogP contribution in [0.5, 0.6) is 0 Å². The Bertz CT molecular complexity index is 786. The Balaban J connectivity index is 1.43. The molecule has 0 aliphatic carbocycles. The van der Waals surface area contributed by atoms with Gasteiger partial charge in [-0.1, -0.05) is 11.3 Å². The smallest absolute Gasteiger partial charge is 0.188 e. The molecule has 4 heterocycles. The lowest BCUT2D eigenvalue weighted by Gasteiger charge is -2.31. The molecule has 6 nitrogen and oxygen atoms in total. The summed E-state index contributed by atoms with van der Waals surface area (Å²) in [4.78, 5) is 7.22. The number of piperidine rings is 1. The molecule has 23 heavy (non-hydrogen) atoms. The van der Waals surface area contributed by atoms with Gasteiger partial charge in [0, 0.05) is 32.9 Å². The van der Waals surface area contributed by atoms with Gasteiger partial charge in [0.15, 0.2) is 10.8 Å². The lowest BCUT2D eigenvalue weighted by Crippen LogP contribution is -2.35. The molecule has 0 aromatic carbocycles. The molecule has 0 saturated carbocycles. The Morgan fingerprint density at radius 3 is 2.70 bits per heavy atom. The van der Waals surface area contributed by atoms with E-state index >= 15 is 0 Å². The third-order valence-electron chi connectivity index (χ3n) is 4.63. The van der Waals surface area contributed by atoms with Crippen molar-refractivity contribution >= 4 is 26.8 Å². The number of aromatic nitrogens is 5. The number of rotatable bonds is 3. The summed E-state index contributed by atoms with van der Waals surface area (Å²) in [6.45, 7) is 7.34. The first-order chi connectivity index (χ1) is 11.1. The van der Waals surface area contributed by atoms with Gasteiger partial charge in [0.05, 0.1) is 16.6 Å². The van der Waals surface area contributed by atoms with E-state index < -0.39 is 0 Å². The topological polar surface area (TPSA) is 51.8 Å². The minimum absolute atomic E-state index is 0.711. The number of hydrogen-bond donors (Lipinski definition) is 0. The van der Waals surface area contributed by atoms with Crippen LogP contribution in [0.3, 0.4) is 0 Å². The van der Waals surface area contributed by atoms with Gasteiger partial charge in [0.1, 0.15) is 0 Å². The predicted molar refractivity (Wildman–Crippen MR) is 93.0 cm³/mol. The fourth-order valence-electron chi connectivity index (χ4n) is 3.35. The number of anilines is 1. The molecule has 0 amide bonds. The fourth-order valence-corrected chi connectivity index (χ4v) is 4.43. The highest BCUT2D eigenvalue weighted by molar-refractivity contribution is 7.22. The summed E-state index contributed by atoms with van der Waals surface area (Å²) in [5.41, 5.74) is 3.33. The second kappa shape index (κ2) is 5.63. The van der Waals surface area contributed by atoms with E-state index in [2.05, 4.69) is 39.8 Å². The Morgan fingerprint density at radius 1 is 1.26 bits per heavy atom. The maximum atomic E-state index is 4.80. The minimum Gasteiger partial charge on any atom is -0.348 e. The normalized spacial score (nSPS) is 16.6. The van der Waals surface area contributed by atoms with Gasteiger partial charge in [-0.2, -0.15) is 10.2 Å². The highest BCUT2D eigenvalue weighted by Gasteiger charge is 2.23. The van der Waals surface area contributed by atoms with Gasteiger partial charge in [-0.05, 0) is 38.2 Å². The second-order valence-corrected chi connectivity index (χ2v) is 7.51. The third kappa shape index (κ3) is 2.73. The lowest BCUT2D eigenvalue weighted by molar-refractivity contribution is 0.342. The van der Waals surface area contributed by atoms with E-state index in [4.69, 9.17) is 4.98 Å². The molecule has 3 aromatic heterocycles. The molecule has 1 aliphatic heterocycles. The van der Waals surface area contributed by atoms with Crippen molar-refractivity contribution in [2.24, 2.45) is 13.0 Å². The van der Waals surface area contributed by atoms with Gasteiger partial charge in [-0.15, -0.1) is 0 Å². The van der Waals surface area contributed by atoms with Crippen molar-refractivity contribution in [2.75, 3.05) is 18.0 Å². The Labute approximate surface area is 139 Å². The van der Waals surface area contributed by atoms with Gasteiger partial charge in [0.2, 0.25) is 0 Å². The van der Waals surface area contributed by atoms with Crippen LogP contribution >= 0.6 is 11.3 Å². The Hall–Kier alpha value is -1.89. The summed E-state index contributed by atoms with van der Waals surface area (Å²) in [6.07, 6.45) is 6.47. The maximum absolute atomic E-state index is 4.80. The van der Waals surface area contributed by atoms with Crippen LogP contribution in [0, 0.1) is 19.8 Å². The van der Waals surface area contributed by atoms with E-state index in [0.29, 0.717) is 5.92 Å². The molecule has 122 valence electrons. The molecule has 0 unspecified atom stereocenters. The quantitative estimate of drug-likeness (QED) is 0.741. The van der Waals surface area contributed by atoms with Crippen molar-refractivity contribution in [2.45, 2.75) is 33.2 Å². The number of nitrogens with zero attached hydrogens (tertiary/aromatic N) is 6. The van der Waals surface area contributed by atoms with Crippen LogP contribution in [0.15, 0.2) is 12.4 Å². The Kier molecular flexibility index (Phi) is 3.60. The van der Waals surface area contributed by atoms with Gasteiger partial charge < -0.3 is 4.90 Å². The minimum atomic E-state index is 0.711. The number of fused-ring (bicyclic) bond motifs is 1. The summed E-state index contributed by atoms with van der Waals surface area (Å²) < 4.78 is 5.19. The van der Waals surface area contributed by atoms with E-state index in [9.17, 15) is 0 Å². The van der Waals surface area contributed by atoms with Gasteiger partial charge in [0.25, 0.3) is 0 Å². The third-order valence-corrected chi connectivity index (χ3v) is 5.84. The van der Waals surface area contributed by atoms with Crippen LogP contribution < -0.4 is 4.90 Å². The van der Waals surface area contributed by atoms with Crippen LogP contribution in [0.25, 0.3) is 10.3 Å². The summed E-state index contributed by atoms with van der Waals surface area (Å²) >= 11 is 1.77. The number of thiazole rings is 1. The molecule has 3 aromatic rings. The summed E-state index contributed by atoms with van der Waals surface area (Å²) in [7, 11) is 1.97. The van der Waals surface area contributed by atoms with E-state index in [0.717, 1.165) is 36.1 Å². The zero-order valence-corrected chi connectivity index (χ0v) is 14.7. The van der Waals surface area contributed by atoms with Gasteiger partial charge in [-0.25, -0.2) is 9.67 Å². The zero-order chi connectivity index (χ0) is 16.0. The van der Waals surface area contributed by atoms with Crippen molar-refractivity contribution < 1.29 is 0 Å². The molecular formula is C16H22N6S. The monoisotopic (exact) mass is 330 g/mol. The van der Waals surface area contributed by atoms with E-state index in [1.54, 1.807) is 11.3 Å². The van der Waals surface area contributed by atoms with Crippen molar-refractivity contribution in [3.05, 3.63) is 23.7 Å². The van der Waals surface area contributed by atoms with Crippen LogP contribution in [-0.4, -0.2) is 37.6 Å². The summed E-state index contributed by atoms with van der Waals surface area (Å²) in [6, 6.07) is 0. The number of aryl methyl sites for hydroxylation is 3. The molecule has 0 bridgehead atoms. The molecule has 0 radical (unpaired) electrons. The van der Waals surface area contributed by atoms with Crippen LogP contribution in [-0.2, 0) is 13.6 Å². The van der Waals surface area contributed by atoms with Gasteiger partial charge in [-0.3, -0.25) is 4.68 Å². The van der Waals surface area contributed by atoms with Gasteiger partial charge >= 0.3 is 0 Å². The van der Waals surface area contributed by atoms with E-state index in [1.165, 1.54) is 23.1 Å². The summed E-state index contributed by atoms with van der Waals surface area (Å²) in [5.74, 6) is 0.711. The maximum Gasteiger partial charge on any atom is 0.188 e. The predicted octanol–water partition coefficient (Wildman–Crippen LogP) is 2.76. The Morgan fingerprint density at radius 2 is 2.04 bits per heavy atom. The average molecular weight is 330 g/mol. The highest BCUT2D eigenvalue weighted by atomic mass is 32.1. The molecule has 0 atom stereocenters. The molecule has 1 fully saturated rings. The number of hydrogen-bond acceptors (Lipinski definition) is 5. The zero-order valence-electron chi connectivity index (χ0n) is 13.9.